The standard InChI is InChI=1S/C24H23NO5/c1-2-28-17-6-3-14(4-7-17)16-9-19-24(20(26)10-16)18(12-23(27)25-19)15-5-8-21-22(11-15)30-13-29-21/h3-8,11,16,18H,2,9-10,12-13H2,1H3,(H,25,27)/t16-,18+/m1/s1. The molecule has 2 atom stereocenters. The van der Waals surface area contributed by atoms with Crippen LogP contribution in [0.15, 0.2) is 53.7 Å². The van der Waals surface area contributed by atoms with E-state index < -0.39 is 0 Å². The number of amides is 1. The van der Waals surface area contributed by atoms with E-state index in [1.165, 1.54) is 0 Å². The van der Waals surface area contributed by atoms with E-state index in [0.717, 1.165) is 28.1 Å². The van der Waals surface area contributed by atoms with Crippen molar-refractivity contribution in [1.29, 1.82) is 0 Å². The maximum absolute atomic E-state index is 13.2. The van der Waals surface area contributed by atoms with Gasteiger partial charge in [0.25, 0.3) is 0 Å². The summed E-state index contributed by atoms with van der Waals surface area (Å²) < 4.78 is 16.4. The summed E-state index contributed by atoms with van der Waals surface area (Å²) in [6.07, 6.45) is 1.34. The lowest BCUT2D eigenvalue weighted by atomic mass is 9.73. The van der Waals surface area contributed by atoms with Crippen LogP contribution in [0.4, 0.5) is 0 Å². The van der Waals surface area contributed by atoms with E-state index >= 15 is 0 Å². The molecule has 0 radical (unpaired) electrons. The van der Waals surface area contributed by atoms with Gasteiger partial charge < -0.3 is 19.5 Å². The molecule has 30 heavy (non-hydrogen) atoms. The highest BCUT2D eigenvalue weighted by Gasteiger charge is 2.38. The predicted octanol–water partition coefficient (Wildman–Crippen LogP) is 3.82. The van der Waals surface area contributed by atoms with E-state index in [2.05, 4.69) is 5.32 Å². The van der Waals surface area contributed by atoms with Crippen molar-refractivity contribution in [3.05, 3.63) is 64.9 Å². The van der Waals surface area contributed by atoms with E-state index in [0.29, 0.717) is 30.9 Å². The molecular formula is C24H23NO5. The van der Waals surface area contributed by atoms with Crippen LogP contribution < -0.4 is 19.5 Å². The number of rotatable bonds is 4. The minimum absolute atomic E-state index is 0.0442. The average molecular weight is 405 g/mol. The van der Waals surface area contributed by atoms with Crippen molar-refractivity contribution < 1.29 is 23.8 Å². The summed E-state index contributed by atoms with van der Waals surface area (Å²) in [5.41, 5.74) is 3.48. The second-order valence-corrected chi connectivity index (χ2v) is 7.84. The molecule has 154 valence electrons. The molecule has 0 bridgehead atoms. The van der Waals surface area contributed by atoms with Crippen molar-refractivity contribution in [2.24, 2.45) is 0 Å². The largest absolute Gasteiger partial charge is 0.494 e. The SMILES string of the molecule is CCOc1ccc([C@H]2CC(=O)C3=C(C2)NC(=O)C[C@H]3c2ccc3c(c2)OCO3)cc1. The fraction of sp³-hybridized carbons (Fsp3) is 0.333. The van der Waals surface area contributed by atoms with Crippen LogP contribution in [-0.4, -0.2) is 25.1 Å². The van der Waals surface area contributed by atoms with Gasteiger partial charge in [-0.25, -0.2) is 0 Å². The van der Waals surface area contributed by atoms with E-state index in [4.69, 9.17) is 14.2 Å². The highest BCUT2D eigenvalue weighted by molar-refractivity contribution is 6.02. The summed E-state index contributed by atoms with van der Waals surface area (Å²) in [5, 5.41) is 2.97. The lowest BCUT2D eigenvalue weighted by molar-refractivity contribution is -0.122. The third-order valence-corrected chi connectivity index (χ3v) is 6.00. The molecule has 0 fully saturated rings. The Morgan fingerprint density at radius 2 is 1.73 bits per heavy atom. The molecule has 1 amide bonds. The Bertz CT molecular complexity index is 1040. The van der Waals surface area contributed by atoms with Gasteiger partial charge in [0.15, 0.2) is 17.3 Å². The van der Waals surface area contributed by atoms with E-state index in [1.54, 1.807) is 0 Å². The van der Waals surface area contributed by atoms with Crippen molar-refractivity contribution in [2.45, 2.75) is 38.0 Å². The Morgan fingerprint density at radius 3 is 2.53 bits per heavy atom. The van der Waals surface area contributed by atoms with Crippen LogP contribution in [0.5, 0.6) is 17.2 Å². The van der Waals surface area contributed by atoms with Crippen LogP contribution in [0.25, 0.3) is 0 Å². The van der Waals surface area contributed by atoms with Gasteiger partial charge in [-0.3, -0.25) is 9.59 Å². The van der Waals surface area contributed by atoms with Crippen LogP contribution >= 0.6 is 0 Å². The van der Waals surface area contributed by atoms with Crippen LogP contribution in [0.2, 0.25) is 0 Å². The first kappa shape index (κ1) is 18.7. The number of Topliss-reactive ketones (excluding diaryl/α,β-unsaturated/α-hetero) is 1. The van der Waals surface area contributed by atoms with E-state index in [1.807, 2.05) is 49.4 Å². The summed E-state index contributed by atoms with van der Waals surface area (Å²) >= 11 is 0. The molecule has 1 aliphatic carbocycles. The summed E-state index contributed by atoms with van der Waals surface area (Å²) in [6.45, 7) is 2.76. The fourth-order valence-corrected chi connectivity index (χ4v) is 4.61. The van der Waals surface area contributed by atoms with Gasteiger partial charge in [-0.1, -0.05) is 18.2 Å². The summed E-state index contributed by atoms with van der Waals surface area (Å²) in [7, 11) is 0. The molecule has 0 aromatic heterocycles. The van der Waals surface area contributed by atoms with Crippen molar-refractivity contribution >= 4 is 11.7 Å². The maximum Gasteiger partial charge on any atom is 0.231 e. The first-order chi connectivity index (χ1) is 14.6. The van der Waals surface area contributed by atoms with Crippen molar-refractivity contribution in [1.82, 2.24) is 5.32 Å². The van der Waals surface area contributed by atoms with Crippen LogP contribution in [-0.2, 0) is 9.59 Å². The highest BCUT2D eigenvalue weighted by Crippen LogP contribution is 2.44. The molecule has 2 aromatic rings. The number of ketones is 1. The molecule has 1 N–H and O–H groups in total. The zero-order chi connectivity index (χ0) is 20.7. The van der Waals surface area contributed by atoms with Gasteiger partial charge in [-0.05, 0) is 54.7 Å². The first-order valence-electron chi connectivity index (χ1n) is 10.3. The third kappa shape index (κ3) is 3.32. The zero-order valence-electron chi connectivity index (χ0n) is 16.8. The second-order valence-electron chi connectivity index (χ2n) is 7.84. The second kappa shape index (κ2) is 7.52. The predicted molar refractivity (Wildman–Crippen MR) is 110 cm³/mol. The van der Waals surface area contributed by atoms with Gasteiger partial charge >= 0.3 is 0 Å². The fourth-order valence-electron chi connectivity index (χ4n) is 4.61. The van der Waals surface area contributed by atoms with Crippen LogP contribution in [0, 0.1) is 0 Å². The van der Waals surface area contributed by atoms with Crippen molar-refractivity contribution in [2.75, 3.05) is 13.4 Å². The quantitative estimate of drug-likeness (QED) is 0.837. The number of allylic oxidation sites excluding steroid dienone is 2. The number of ether oxygens (including phenoxy) is 3. The third-order valence-electron chi connectivity index (χ3n) is 6.00. The van der Waals surface area contributed by atoms with Crippen LogP contribution in [0.1, 0.15) is 49.1 Å². The Hall–Kier alpha value is -3.28. The number of hydrogen-bond acceptors (Lipinski definition) is 5. The molecule has 2 aromatic carbocycles. The molecule has 5 rings (SSSR count). The normalized spacial score (nSPS) is 22.6. The molecule has 3 aliphatic rings. The number of fused-ring (bicyclic) bond motifs is 1. The van der Waals surface area contributed by atoms with Gasteiger partial charge in [-0.15, -0.1) is 0 Å². The molecule has 0 unspecified atom stereocenters. The van der Waals surface area contributed by atoms with Crippen molar-refractivity contribution in [3.63, 3.8) is 0 Å². The Balaban J connectivity index is 1.45. The summed E-state index contributed by atoms with van der Waals surface area (Å²) in [5.74, 6) is 2.00. The van der Waals surface area contributed by atoms with E-state index in [-0.39, 0.29) is 36.7 Å². The lowest BCUT2D eigenvalue weighted by Gasteiger charge is -2.34. The maximum atomic E-state index is 13.2. The number of nitrogens with one attached hydrogen (secondary N) is 1. The molecule has 0 spiro atoms. The molecule has 6 heteroatoms. The van der Waals surface area contributed by atoms with Crippen molar-refractivity contribution in [3.8, 4) is 17.2 Å². The summed E-state index contributed by atoms with van der Waals surface area (Å²) in [6, 6.07) is 13.5. The molecule has 6 nitrogen and oxygen atoms in total. The number of carbonyl (C=O) groups excluding carboxylic acids is 2. The monoisotopic (exact) mass is 405 g/mol. The minimum Gasteiger partial charge on any atom is -0.494 e. The Kier molecular flexibility index (Phi) is 4.69. The van der Waals surface area contributed by atoms with Gasteiger partial charge in [0, 0.05) is 30.0 Å². The number of hydrogen-bond donors (Lipinski definition) is 1. The topological polar surface area (TPSA) is 73.9 Å². The van der Waals surface area contributed by atoms with Crippen LogP contribution in [0.3, 0.4) is 0 Å². The minimum atomic E-state index is -0.253. The summed E-state index contributed by atoms with van der Waals surface area (Å²) in [4.78, 5) is 25.7. The van der Waals surface area contributed by atoms with E-state index in [9.17, 15) is 9.59 Å². The lowest BCUT2D eigenvalue weighted by Crippen LogP contribution is -2.38. The Labute approximate surface area is 174 Å². The smallest absolute Gasteiger partial charge is 0.231 e. The molecule has 0 saturated carbocycles. The number of carbonyl (C=O) groups is 2. The molecular weight excluding hydrogens is 382 g/mol. The van der Waals surface area contributed by atoms with Gasteiger partial charge in [0.2, 0.25) is 12.7 Å². The molecule has 0 saturated heterocycles. The number of benzene rings is 2. The van der Waals surface area contributed by atoms with Gasteiger partial charge in [0.05, 0.1) is 6.61 Å². The average Bonchev–Trinajstić information content (AvgIpc) is 3.21. The highest BCUT2D eigenvalue weighted by atomic mass is 16.7. The van der Waals surface area contributed by atoms with Gasteiger partial charge in [-0.2, -0.15) is 0 Å². The molecule has 2 heterocycles. The Morgan fingerprint density at radius 1 is 0.967 bits per heavy atom. The zero-order valence-corrected chi connectivity index (χ0v) is 16.8. The first-order valence-corrected chi connectivity index (χ1v) is 10.3. The van der Waals surface area contributed by atoms with Gasteiger partial charge in [0.1, 0.15) is 5.75 Å². The molecule has 2 aliphatic heterocycles.